The lowest BCUT2D eigenvalue weighted by atomic mass is 10.2. The van der Waals surface area contributed by atoms with Crippen LogP contribution in [-0.2, 0) is 19.9 Å². The number of rotatable bonds is 4. The summed E-state index contributed by atoms with van der Waals surface area (Å²) in [6.07, 6.45) is 0. The Morgan fingerprint density at radius 1 is 1.19 bits per heavy atom. The molecule has 5 nitrogen and oxygen atoms in total. The average Bonchev–Trinajstić information content (AvgIpc) is 2.54. The summed E-state index contributed by atoms with van der Waals surface area (Å²) < 4.78 is 29.6. The van der Waals surface area contributed by atoms with E-state index in [0.29, 0.717) is 10.9 Å². The minimum atomic E-state index is -3.76. The van der Waals surface area contributed by atoms with Gasteiger partial charge in [0.05, 0.1) is 12.0 Å². The van der Waals surface area contributed by atoms with Gasteiger partial charge in [-0.15, -0.1) is 0 Å². The zero-order valence-corrected chi connectivity index (χ0v) is 13.5. The van der Waals surface area contributed by atoms with Gasteiger partial charge in [0.2, 0.25) is 9.84 Å². The van der Waals surface area contributed by atoms with Crippen LogP contribution in [-0.4, -0.2) is 26.5 Å². The number of ether oxygens (including phenoxy) is 1. The van der Waals surface area contributed by atoms with Crippen molar-refractivity contribution in [1.82, 2.24) is 4.98 Å². The third-order valence-corrected chi connectivity index (χ3v) is 5.08. The zero-order valence-electron chi connectivity index (χ0n) is 11.1. The molecule has 0 spiro atoms. The highest BCUT2D eigenvalue weighted by Crippen LogP contribution is 2.21. The second-order valence-corrected chi connectivity index (χ2v) is 6.56. The third-order valence-electron chi connectivity index (χ3n) is 2.80. The van der Waals surface area contributed by atoms with Gasteiger partial charge >= 0.3 is 5.97 Å². The predicted octanol–water partition coefficient (Wildman–Crippen LogP) is 2.60. The van der Waals surface area contributed by atoms with E-state index in [9.17, 15) is 13.2 Å². The Hall–Kier alpha value is -1.73. The predicted molar refractivity (Wildman–Crippen MR) is 80.1 cm³/mol. The maximum atomic E-state index is 12.5. The van der Waals surface area contributed by atoms with Crippen molar-refractivity contribution in [2.24, 2.45) is 0 Å². The number of hydrogen-bond acceptors (Lipinski definition) is 5. The lowest BCUT2D eigenvalue weighted by Crippen LogP contribution is -2.12. The topological polar surface area (TPSA) is 73.3 Å². The molecule has 1 aromatic heterocycles. The largest absolute Gasteiger partial charge is 0.464 e. The van der Waals surface area contributed by atoms with Gasteiger partial charge < -0.3 is 4.74 Å². The first-order valence-corrected chi connectivity index (χ1v) is 8.55. The standard InChI is InChI=1S/C14H12BrNO4S/c1-20-14(17)13-10(9-15)7-8-12(16-13)21(18,19)11-5-3-2-4-6-11/h2-8H,9H2,1H3. The van der Waals surface area contributed by atoms with E-state index in [0.717, 1.165) is 0 Å². The van der Waals surface area contributed by atoms with E-state index < -0.39 is 15.8 Å². The summed E-state index contributed by atoms with van der Waals surface area (Å²) in [6.45, 7) is 0. The van der Waals surface area contributed by atoms with Crippen molar-refractivity contribution in [3.05, 3.63) is 53.7 Å². The molecule has 0 radical (unpaired) electrons. The summed E-state index contributed by atoms with van der Waals surface area (Å²) in [5, 5.41) is 0.189. The molecule has 2 aromatic rings. The molecule has 7 heteroatoms. The first kappa shape index (κ1) is 15.7. The Kier molecular flexibility index (Phi) is 4.74. The number of hydrogen-bond donors (Lipinski definition) is 0. The summed E-state index contributed by atoms with van der Waals surface area (Å²) >= 11 is 3.23. The SMILES string of the molecule is COC(=O)c1nc(S(=O)(=O)c2ccccc2)ccc1CBr. The Bertz CT molecular complexity index is 760. The number of halogens is 1. The molecule has 110 valence electrons. The fourth-order valence-electron chi connectivity index (χ4n) is 1.72. The zero-order chi connectivity index (χ0) is 15.5. The van der Waals surface area contributed by atoms with Crippen LogP contribution in [0, 0.1) is 0 Å². The van der Waals surface area contributed by atoms with Gasteiger partial charge in [0, 0.05) is 5.33 Å². The number of alkyl halides is 1. The molecule has 0 amide bonds. The van der Waals surface area contributed by atoms with E-state index in [1.165, 1.54) is 25.3 Å². The Morgan fingerprint density at radius 2 is 1.86 bits per heavy atom. The van der Waals surface area contributed by atoms with Crippen molar-refractivity contribution in [3.63, 3.8) is 0 Å². The van der Waals surface area contributed by atoms with Gasteiger partial charge in [0.25, 0.3) is 0 Å². The number of pyridine rings is 1. The summed E-state index contributed by atoms with van der Waals surface area (Å²) in [5.74, 6) is -0.672. The number of benzene rings is 1. The van der Waals surface area contributed by atoms with E-state index in [1.807, 2.05) is 0 Å². The molecule has 1 heterocycles. The number of methoxy groups -OCH3 is 1. The van der Waals surface area contributed by atoms with E-state index in [2.05, 4.69) is 25.7 Å². The first-order chi connectivity index (χ1) is 10.0. The number of carbonyl (C=O) groups excluding carboxylic acids is 1. The molecule has 0 aliphatic heterocycles. The van der Waals surface area contributed by atoms with Crippen LogP contribution in [0.4, 0.5) is 0 Å². The number of nitrogens with zero attached hydrogens (tertiary/aromatic N) is 1. The van der Waals surface area contributed by atoms with Gasteiger partial charge in [0.1, 0.15) is 0 Å². The lowest BCUT2D eigenvalue weighted by molar-refractivity contribution is 0.0592. The van der Waals surface area contributed by atoms with Gasteiger partial charge in [-0.3, -0.25) is 0 Å². The molecule has 0 fully saturated rings. The molecule has 1 aromatic carbocycles. The highest BCUT2D eigenvalue weighted by atomic mass is 79.9. The van der Waals surface area contributed by atoms with Crippen LogP contribution < -0.4 is 0 Å². The molecular weight excluding hydrogens is 358 g/mol. The van der Waals surface area contributed by atoms with Gasteiger partial charge in [-0.05, 0) is 23.8 Å². The number of aromatic nitrogens is 1. The monoisotopic (exact) mass is 369 g/mol. The Balaban J connectivity index is 2.58. The molecular formula is C14H12BrNO4S. The van der Waals surface area contributed by atoms with Crippen LogP contribution >= 0.6 is 15.9 Å². The Labute approximate surface area is 131 Å². The van der Waals surface area contributed by atoms with Crippen molar-refractivity contribution in [2.45, 2.75) is 15.3 Å². The molecule has 0 atom stereocenters. The molecule has 21 heavy (non-hydrogen) atoms. The van der Waals surface area contributed by atoms with E-state index >= 15 is 0 Å². The van der Waals surface area contributed by atoms with Crippen molar-refractivity contribution >= 4 is 31.7 Å². The second kappa shape index (κ2) is 6.36. The summed E-state index contributed by atoms with van der Waals surface area (Å²) in [7, 11) is -2.54. The molecule has 0 aliphatic carbocycles. The van der Waals surface area contributed by atoms with Crippen molar-refractivity contribution < 1.29 is 17.9 Å². The molecule has 0 bridgehead atoms. The van der Waals surface area contributed by atoms with E-state index in [-0.39, 0.29) is 15.6 Å². The van der Waals surface area contributed by atoms with Crippen LogP contribution in [0.1, 0.15) is 16.1 Å². The average molecular weight is 370 g/mol. The van der Waals surface area contributed by atoms with Gasteiger partial charge in [-0.25, -0.2) is 18.2 Å². The van der Waals surface area contributed by atoms with Gasteiger partial charge in [0.15, 0.2) is 10.7 Å². The summed E-state index contributed by atoms with van der Waals surface area (Å²) in [4.78, 5) is 15.8. The smallest absolute Gasteiger partial charge is 0.357 e. The molecule has 0 saturated carbocycles. The van der Waals surface area contributed by atoms with Crippen LogP contribution in [0.3, 0.4) is 0 Å². The van der Waals surface area contributed by atoms with Crippen molar-refractivity contribution in [1.29, 1.82) is 0 Å². The fourth-order valence-corrected chi connectivity index (χ4v) is 3.39. The minimum Gasteiger partial charge on any atom is -0.464 e. The maximum Gasteiger partial charge on any atom is 0.357 e. The molecule has 2 rings (SSSR count). The quantitative estimate of drug-likeness (QED) is 0.611. The lowest BCUT2D eigenvalue weighted by Gasteiger charge is -2.08. The molecule has 0 N–H and O–H groups in total. The normalized spacial score (nSPS) is 11.1. The number of sulfone groups is 1. The fraction of sp³-hybridized carbons (Fsp3) is 0.143. The van der Waals surface area contributed by atoms with E-state index in [4.69, 9.17) is 0 Å². The second-order valence-electron chi connectivity index (χ2n) is 4.10. The number of esters is 1. The first-order valence-electron chi connectivity index (χ1n) is 5.95. The van der Waals surface area contributed by atoms with Crippen LogP contribution in [0.15, 0.2) is 52.4 Å². The third kappa shape index (κ3) is 3.14. The van der Waals surface area contributed by atoms with E-state index in [1.54, 1.807) is 24.3 Å². The highest BCUT2D eigenvalue weighted by molar-refractivity contribution is 9.08. The summed E-state index contributed by atoms with van der Waals surface area (Å²) in [6, 6.07) is 10.9. The van der Waals surface area contributed by atoms with Crippen LogP contribution in [0.2, 0.25) is 0 Å². The van der Waals surface area contributed by atoms with Crippen molar-refractivity contribution in [3.8, 4) is 0 Å². The minimum absolute atomic E-state index is 0.00798. The van der Waals surface area contributed by atoms with Gasteiger partial charge in [-0.1, -0.05) is 40.2 Å². The maximum absolute atomic E-state index is 12.5. The number of carbonyl (C=O) groups is 1. The van der Waals surface area contributed by atoms with Crippen LogP contribution in [0.25, 0.3) is 0 Å². The van der Waals surface area contributed by atoms with Gasteiger partial charge in [-0.2, -0.15) is 0 Å². The summed E-state index contributed by atoms with van der Waals surface area (Å²) in [5.41, 5.74) is 0.556. The molecule has 0 saturated heterocycles. The van der Waals surface area contributed by atoms with Crippen molar-refractivity contribution in [2.75, 3.05) is 7.11 Å². The molecule has 0 aliphatic rings. The highest BCUT2D eigenvalue weighted by Gasteiger charge is 2.22. The molecule has 0 unspecified atom stereocenters. The van der Waals surface area contributed by atoms with Crippen LogP contribution in [0.5, 0.6) is 0 Å². The Morgan fingerprint density at radius 3 is 2.43 bits per heavy atom.